The highest BCUT2D eigenvalue weighted by Crippen LogP contribution is 2.28. The van der Waals surface area contributed by atoms with Gasteiger partial charge in [0, 0.05) is 18.7 Å². The van der Waals surface area contributed by atoms with E-state index in [9.17, 15) is 19.1 Å². The van der Waals surface area contributed by atoms with E-state index in [4.69, 9.17) is 4.74 Å². The van der Waals surface area contributed by atoms with Gasteiger partial charge in [0.2, 0.25) is 0 Å². The zero-order valence-corrected chi connectivity index (χ0v) is 13.4. The second kappa shape index (κ2) is 7.31. The van der Waals surface area contributed by atoms with E-state index in [-0.39, 0.29) is 11.1 Å². The highest BCUT2D eigenvalue weighted by Gasteiger charge is 2.18. The van der Waals surface area contributed by atoms with Gasteiger partial charge in [0.1, 0.15) is 5.82 Å². The predicted molar refractivity (Wildman–Crippen MR) is 90.8 cm³/mol. The van der Waals surface area contributed by atoms with Crippen LogP contribution >= 0.6 is 0 Å². The lowest BCUT2D eigenvalue weighted by Gasteiger charge is -2.30. The zero-order valence-electron chi connectivity index (χ0n) is 13.4. The molecule has 130 valence electrons. The fourth-order valence-electron chi connectivity index (χ4n) is 2.64. The Morgan fingerprint density at radius 1 is 1.04 bits per heavy atom. The number of halogens is 1. The van der Waals surface area contributed by atoms with Crippen LogP contribution in [-0.4, -0.2) is 43.3 Å². The number of hydrogen-bond donors (Lipinski definition) is 2. The molecule has 1 amide bonds. The molecular weight excluding hydrogens is 327 g/mol. The lowest BCUT2D eigenvalue weighted by molar-refractivity contribution is 0.0696. The molecule has 0 spiro atoms. The third kappa shape index (κ3) is 3.95. The molecule has 0 aromatic heterocycles. The van der Waals surface area contributed by atoms with Gasteiger partial charge in [-0.25, -0.2) is 9.18 Å². The number of carbonyl (C=O) groups is 2. The topological polar surface area (TPSA) is 78.9 Å². The molecule has 7 heteroatoms. The molecule has 25 heavy (non-hydrogen) atoms. The van der Waals surface area contributed by atoms with Gasteiger partial charge in [0.05, 0.1) is 30.2 Å². The molecule has 0 atom stereocenters. The third-order valence-electron chi connectivity index (χ3n) is 3.95. The third-order valence-corrected chi connectivity index (χ3v) is 3.95. The van der Waals surface area contributed by atoms with E-state index < -0.39 is 17.7 Å². The van der Waals surface area contributed by atoms with Crippen LogP contribution in [0.15, 0.2) is 42.5 Å². The first-order chi connectivity index (χ1) is 12.0. The van der Waals surface area contributed by atoms with Crippen molar-refractivity contribution < 1.29 is 23.8 Å². The van der Waals surface area contributed by atoms with Crippen molar-refractivity contribution in [2.24, 2.45) is 0 Å². The molecule has 0 bridgehead atoms. The van der Waals surface area contributed by atoms with E-state index in [0.717, 1.165) is 5.69 Å². The number of anilines is 2. The standard InChI is InChI=1S/C18H17FN2O4/c19-14-4-1-12(2-5-14)17(22)20-15-11-13(18(23)24)3-6-16(15)21-7-9-25-10-8-21/h1-6,11H,7-10H2,(H,20,22)(H,23,24). The Morgan fingerprint density at radius 3 is 2.32 bits per heavy atom. The molecule has 3 rings (SSSR count). The number of carboxylic acid groups (broad SMARTS) is 1. The Labute approximate surface area is 143 Å². The molecule has 0 radical (unpaired) electrons. The molecule has 0 unspecified atom stereocenters. The van der Waals surface area contributed by atoms with Crippen LogP contribution in [0.4, 0.5) is 15.8 Å². The molecule has 1 fully saturated rings. The summed E-state index contributed by atoms with van der Waals surface area (Å²) in [6.07, 6.45) is 0. The summed E-state index contributed by atoms with van der Waals surface area (Å²) in [6.45, 7) is 2.41. The van der Waals surface area contributed by atoms with E-state index in [1.54, 1.807) is 6.07 Å². The van der Waals surface area contributed by atoms with Crippen molar-refractivity contribution in [1.82, 2.24) is 0 Å². The molecule has 1 saturated heterocycles. The smallest absolute Gasteiger partial charge is 0.335 e. The van der Waals surface area contributed by atoms with Crippen molar-refractivity contribution in [3.05, 3.63) is 59.4 Å². The highest BCUT2D eigenvalue weighted by atomic mass is 19.1. The van der Waals surface area contributed by atoms with Crippen LogP contribution in [0.25, 0.3) is 0 Å². The molecule has 1 aliphatic heterocycles. The number of nitrogens with zero attached hydrogens (tertiary/aromatic N) is 1. The second-order valence-electron chi connectivity index (χ2n) is 5.60. The number of carboxylic acids is 1. The summed E-state index contributed by atoms with van der Waals surface area (Å²) >= 11 is 0. The van der Waals surface area contributed by atoms with Crippen LogP contribution in [0.1, 0.15) is 20.7 Å². The number of amides is 1. The fraction of sp³-hybridized carbons (Fsp3) is 0.222. The molecule has 0 aliphatic carbocycles. The lowest BCUT2D eigenvalue weighted by Crippen LogP contribution is -2.36. The van der Waals surface area contributed by atoms with Gasteiger partial charge in [-0.05, 0) is 42.5 Å². The van der Waals surface area contributed by atoms with Gasteiger partial charge in [-0.3, -0.25) is 4.79 Å². The van der Waals surface area contributed by atoms with Gasteiger partial charge in [-0.15, -0.1) is 0 Å². The summed E-state index contributed by atoms with van der Waals surface area (Å²) in [7, 11) is 0. The average Bonchev–Trinajstić information content (AvgIpc) is 2.63. The summed E-state index contributed by atoms with van der Waals surface area (Å²) < 4.78 is 18.3. The van der Waals surface area contributed by atoms with Crippen molar-refractivity contribution in [3.8, 4) is 0 Å². The van der Waals surface area contributed by atoms with Gasteiger partial charge in [0.15, 0.2) is 0 Å². The number of morpholine rings is 1. The van der Waals surface area contributed by atoms with E-state index >= 15 is 0 Å². The van der Waals surface area contributed by atoms with Crippen LogP contribution in [0.5, 0.6) is 0 Å². The van der Waals surface area contributed by atoms with Gasteiger partial charge in [-0.2, -0.15) is 0 Å². The maximum atomic E-state index is 13.0. The minimum atomic E-state index is -1.08. The van der Waals surface area contributed by atoms with Crippen molar-refractivity contribution in [3.63, 3.8) is 0 Å². The van der Waals surface area contributed by atoms with Gasteiger partial charge in [-0.1, -0.05) is 0 Å². The van der Waals surface area contributed by atoms with Crippen LogP contribution < -0.4 is 10.2 Å². The molecule has 0 saturated carbocycles. The molecule has 6 nitrogen and oxygen atoms in total. The van der Waals surface area contributed by atoms with Crippen molar-refractivity contribution in [2.75, 3.05) is 36.5 Å². The van der Waals surface area contributed by atoms with Crippen molar-refractivity contribution >= 4 is 23.3 Å². The number of rotatable bonds is 4. The molecular formula is C18H17FN2O4. The largest absolute Gasteiger partial charge is 0.478 e. The fourth-order valence-corrected chi connectivity index (χ4v) is 2.64. The maximum absolute atomic E-state index is 13.0. The maximum Gasteiger partial charge on any atom is 0.335 e. The van der Waals surface area contributed by atoms with Gasteiger partial charge >= 0.3 is 5.97 Å². The second-order valence-corrected chi connectivity index (χ2v) is 5.60. The summed E-state index contributed by atoms with van der Waals surface area (Å²) in [5.41, 5.74) is 1.49. The Bertz CT molecular complexity index is 786. The van der Waals surface area contributed by atoms with Crippen LogP contribution in [0.3, 0.4) is 0 Å². The Hall–Kier alpha value is -2.93. The van der Waals surface area contributed by atoms with Crippen molar-refractivity contribution in [2.45, 2.75) is 0 Å². The number of hydrogen-bond acceptors (Lipinski definition) is 4. The van der Waals surface area contributed by atoms with E-state index in [1.807, 2.05) is 4.90 Å². The first kappa shape index (κ1) is 16.9. The summed E-state index contributed by atoms with van der Waals surface area (Å²) in [6, 6.07) is 9.75. The zero-order chi connectivity index (χ0) is 17.8. The minimum absolute atomic E-state index is 0.0754. The first-order valence-corrected chi connectivity index (χ1v) is 7.81. The van der Waals surface area contributed by atoms with Gasteiger partial charge < -0.3 is 20.1 Å². The molecule has 2 N–H and O–H groups in total. The quantitative estimate of drug-likeness (QED) is 0.891. The molecule has 1 aliphatic rings. The van der Waals surface area contributed by atoms with Crippen LogP contribution in [0, 0.1) is 5.82 Å². The SMILES string of the molecule is O=C(O)c1ccc(N2CCOCC2)c(NC(=O)c2ccc(F)cc2)c1. The lowest BCUT2D eigenvalue weighted by atomic mass is 10.1. The van der Waals surface area contributed by atoms with Gasteiger partial charge in [0.25, 0.3) is 5.91 Å². The number of ether oxygens (including phenoxy) is 1. The summed E-state index contributed by atoms with van der Waals surface area (Å²) in [5.74, 6) is -1.94. The van der Waals surface area contributed by atoms with Crippen LogP contribution in [-0.2, 0) is 4.74 Å². The Balaban J connectivity index is 1.91. The molecule has 2 aromatic carbocycles. The molecule has 2 aromatic rings. The number of carbonyl (C=O) groups excluding carboxylic acids is 1. The normalized spacial score (nSPS) is 14.2. The monoisotopic (exact) mass is 344 g/mol. The highest BCUT2D eigenvalue weighted by molar-refractivity contribution is 6.06. The first-order valence-electron chi connectivity index (χ1n) is 7.81. The molecule has 1 heterocycles. The van der Waals surface area contributed by atoms with E-state index in [2.05, 4.69) is 5.32 Å². The van der Waals surface area contributed by atoms with E-state index in [1.165, 1.54) is 36.4 Å². The van der Waals surface area contributed by atoms with Crippen molar-refractivity contribution in [1.29, 1.82) is 0 Å². The number of benzene rings is 2. The van der Waals surface area contributed by atoms with Crippen LogP contribution in [0.2, 0.25) is 0 Å². The summed E-state index contributed by atoms with van der Waals surface area (Å²) in [5, 5.41) is 11.9. The summed E-state index contributed by atoms with van der Waals surface area (Å²) in [4.78, 5) is 25.7. The number of nitrogens with one attached hydrogen (secondary N) is 1. The Morgan fingerprint density at radius 2 is 1.68 bits per heavy atom. The number of aromatic carboxylic acids is 1. The Kier molecular flexibility index (Phi) is 4.95. The van der Waals surface area contributed by atoms with E-state index in [0.29, 0.717) is 32.0 Å². The average molecular weight is 344 g/mol. The predicted octanol–water partition coefficient (Wildman–Crippen LogP) is 2.61. The minimum Gasteiger partial charge on any atom is -0.478 e.